The van der Waals surface area contributed by atoms with Crippen LogP contribution in [0, 0.1) is 0 Å². The number of fused-ring (bicyclic) bond motifs is 4. The Kier molecular flexibility index (Phi) is 6.01. The molecule has 6 aromatic rings. The maximum atomic E-state index is 14.7. The van der Waals surface area contributed by atoms with Gasteiger partial charge in [0, 0.05) is 61.7 Å². The van der Waals surface area contributed by atoms with E-state index < -0.39 is 15.4 Å². The van der Waals surface area contributed by atoms with E-state index in [9.17, 15) is 13.2 Å². The number of hydrogen-bond donors (Lipinski definition) is 1. The molecule has 0 radical (unpaired) electrons. The first-order valence-corrected chi connectivity index (χ1v) is 16.2. The number of amides is 1. The van der Waals surface area contributed by atoms with Gasteiger partial charge < -0.3 is 9.80 Å². The Morgan fingerprint density at radius 1 is 0.889 bits per heavy atom. The van der Waals surface area contributed by atoms with Crippen molar-refractivity contribution in [1.82, 2.24) is 28.9 Å². The monoisotopic (exact) mass is 618 g/mol. The Bertz CT molecular complexity index is 2180. The van der Waals surface area contributed by atoms with Crippen molar-refractivity contribution < 1.29 is 13.2 Å². The molecule has 1 spiro atoms. The number of pyridine rings is 1. The Morgan fingerprint density at radius 3 is 2.24 bits per heavy atom. The van der Waals surface area contributed by atoms with Gasteiger partial charge in [0.15, 0.2) is 5.65 Å². The molecule has 2 aliphatic heterocycles. The van der Waals surface area contributed by atoms with Crippen molar-refractivity contribution >= 4 is 38.3 Å². The first-order valence-electron chi connectivity index (χ1n) is 14.8. The number of aromatic amines is 1. The van der Waals surface area contributed by atoms with Crippen molar-refractivity contribution in [2.75, 3.05) is 29.9 Å². The minimum absolute atomic E-state index is 0.000695. The molecule has 226 valence electrons. The Hall–Kier alpha value is -5.23. The second kappa shape index (κ2) is 9.89. The third kappa shape index (κ3) is 3.91. The minimum atomic E-state index is -4.15. The molecule has 6 heterocycles. The number of likely N-dealkylation sites (N-methyl/N-ethyl adjacent to an activating group) is 1. The first-order chi connectivity index (χ1) is 21.8. The van der Waals surface area contributed by atoms with Crippen molar-refractivity contribution in [3.63, 3.8) is 0 Å². The molecule has 8 rings (SSSR count). The lowest BCUT2D eigenvalue weighted by Gasteiger charge is -2.39. The number of nitrogens with one attached hydrogen (secondary N) is 1. The molecule has 1 amide bonds. The van der Waals surface area contributed by atoms with Crippen LogP contribution in [0.25, 0.3) is 33.4 Å². The van der Waals surface area contributed by atoms with Crippen LogP contribution in [0.5, 0.6) is 0 Å². The molecule has 0 bridgehead atoms. The molecule has 1 saturated heterocycles. The van der Waals surface area contributed by atoms with Crippen LogP contribution in [0.4, 0.5) is 11.4 Å². The van der Waals surface area contributed by atoms with E-state index in [-0.39, 0.29) is 16.4 Å². The summed E-state index contributed by atoms with van der Waals surface area (Å²) in [5.41, 5.74) is 4.57. The zero-order chi connectivity index (χ0) is 30.9. The van der Waals surface area contributed by atoms with Gasteiger partial charge in [-0.05, 0) is 30.5 Å². The predicted molar refractivity (Wildman–Crippen MR) is 172 cm³/mol. The second-order valence-corrected chi connectivity index (χ2v) is 13.5. The molecule has 0 aliphatic carbocycles. The summed E-state index contributed by atoms with van der Waals surface area (Å²) in [5, 5.41) is 12.1. The molecule has 45 heavy (non-hydrogen) atoms. The summed E-state index contributed by atoms with van der Waals surface area (Å²) < 4.78 is 32.3. The fraction of sp³-hybridized carbons (Fsp3) is 0.212. The summed E-state index contributed by atoms with van der Waals surface area (Å²) >= 11 is 0. The van der Waals surface area contributed by atoms with Crippen LogP contribution >= 0.6 is 0 Å². The van der Waals surface area contributed by atoms with Crippen molar-refractivity contribution in [2.24, 2.45) is 7.05 Å². The van der Waals surface area contributed by atoms with Crippen molar-refractivity contribution in [2.45, 2.75) is 23.2 Å². The van der Waals surface area contributed by atoms with Crippen molar-refractivity contribution in [3.8, 4) is 22.4 Å². The van der Waals surface area contributed by atoms with E-state index in [0.29, 0.717) is 53.8 Å². The maximum Gasteiger partial charge on any atom is 0.269 e. The van der Waals surface area contributed by atoms with Crippen LogP contribution in [0.3, 0.4) is 0 Å². The molecule has 1 N–H and O–H groups in total. The van der Waals surface area contributed by atoms with E-state index in [0.717, 1.165) is 16.8 Å². The number of aryl methyl sites for hydroxylation is 1. The van der Waals surface area contributed by atoms with E-state index >= 15 is 0 Å². The van der Waals surface area contributed by atoms with Crippen LogP contribution in [-0.4, -0.2) is 63.4 Å². The van der Waals surface area contributed by atoms with Gasteiger partial charge in [0.25, 0.3) is 10.0 Å². The third-order valence-corrected chi connectivity index (χ3v) is 11.0. The molecule has 1 fully saturated rings. The molecule has 2 aliphatic rings. The van der Waals surface area contributed by atoms with Crippen LogP contribution in [0.2, 0.25) is 0 Å². The SMILES string of the molecule is CN1C(=O)C2(CCN(c3cn[nH]c3)CC2)c2c1cnc1c2c(-c2ccccc2)c(-c2cnn(C)c2)n1S(=O)(=O)c1ccccc1. The molecule has 11 nitrogen and oxygen atoms in total. The molecule has 12 heteroatoms. The lowest BCUT2D eigenvalue weighted by Crippen LogP contribution is -2.48. The molecular weight excluding hydrogens is 588 g/mol. The van der Waals surface area contributed by atoms with Crippen molar-refractivity contribution in [3.05, 3.63) is 97.2 Å². The largest absolute Gasteiger partial charge is 0.369 e. The van der Waals surface area contributed by atoms with Crippen molar-refractivity contribution in [1.29, 1.82) is 0 Å². The third-order valence-electron chi connectivity index (χ3n) is 9.26. The lowest BCUT2D eigenvalue weighted by molar-refractivity contribution is -0.123. The number of anilines is 2. The number of rotatable bonds is 5. The summed E-state index contributed by atoms with van der Waals surface area (Å²) in [7, 11) is -0.560. The fourth-order valence-corrected chi connectivity index (χ4v) is 8.65. The topological polar surface area (TPSA) is 122 Å². The standard InChI is InChI=1S/C33H30N8O3S/c1-38-21-23(17-37-38)30-27(22-9-5-3-6-10-22)28-29-26(20-34-31(28)41(30)45(43,44)25-11-7-4-8-12-25)39(2)32(42)33(29)13-15-40(16-14-33)24-18-35-36-19-24/h3-12,17-21H,13-16H2,1-2H3,(H,35,36). The molecule has 0 saturated carbocycles. The highest BCUT2D eigenvalue weighted by Gasteiger charge is 2.53. The van der Waals surface area contributed by atoms with E-state index in [2.05, 4.69) is 20.2 Å². The predicted octanol–water partition coefficient (Wildman–Crippen LogP) is 4.58. The van der Waals surface area contributed by atoms with Gasteiger partial charge in [-0.1, -0.05) is 48.5 Å². The highest BCUT2D eigenvalue weighted by atomic mass is 32.2. The molecule has 0 atom stereocenters. The summed E-state index contributed by atoms with van der Waals surface area (Å²) in [6, 6.07) is 18.1. The van der Waals surface area contributed by atoms with E-state index in [1.54, 1.807) is 72.6 Å². The normalized spacial score (nSPS) is 16.2. The second-order valence-electron chi connectivity index (χ2n) is 11.7. The van der Waals surface area contributed by atoms with Gasteiger partial charge >= 0.3 is 0 Å². The lowest BCUT2D eigenvalue weighted by atomic mass is 9.72. The number of piperidine rings is 1. The molecule has 4 aromatic heterocycles. The van der Waals surface area contributed by atoms with Gasteiger partial charge in [-0.15, -0.1) is 0 Å². The van der Waals surface area contributed by atoms with Gasteiger partial charge in [-0.25, -0.2) is 17.4 Å². The quantitative estimate of drug-likeness (QED) is 0.300. The zero-order valence-electron chi connectivity index (χ0n) is 24.8. The van der Waals surface area contributed by atoms with Gasteiger partial charge in [-0.3, -0.25) is 14.6 Å². The van der Waals surface area contributed by atoms with Gasteiger partial charge in [0.2, 0.25) is 5.91 Å². The summed E-state index contributed by atoms with van der Waals surface area (Å²) in [4.78, 5) is 23.2. The average Bonchev–Trinajstić information content (AvgIpc) is 3.86. The number of H-pyrrole nitrogens is 1. The highest BCUT2D eigenvalue weighted by molar-refractivity contribution is 7.90. The number of benzene rings is 2. The smallest absolute Gasteiger partial charge is 0.269 e. The number of nitrogens with zero attached hydrogens (tertiary/aromatic N) is 7. The van der Waals surface area contributed by atoms with E-state index in [1.807, 2.05) is 42.7 Å². The van der Waals surface area contributed by atoms with Gasteiger partial charge in [-0.2, -0.15) is 10.2 Å². The van der Waals surface area contributed by atoms with Gasteiger partial charge in [0.1, 0.15) is 0 Å². The summed E-state index contributed by atoms with van der Waals surface area (Å²) in [6.07, 6.45) is 9.91. The Balaban J connectivity index is 1.48. The average molecular weight is 619 g/mol. The van der Waals surface area contributed by atoms with Crippen LogP contribution in [0.1, 0.15) is 18.4 Å². The van der Waals surface area contributed by atoms with Crippen LogP contribution in [0.15, 0.2) is 96.5 Å². The van der Waals surface area contributed by atoms with Crippen LogP contribution < -0.4 is 9.80 Å². The fourth-order valence-electron chi connectivity index (χ4n) is 7.13. The molecular formula is C33H30N8O3S. The summed E-state index contributed by atoms with van der Waals surface area (Å²) in [5.74, 6) is -0.000695. The van der Waals surface area contributed by atoms with E-state index in [4.69, 9.17) is 4.98 Å². The Morgan fingerprint density at radius 2 is 1.60 bits per heavy atom. The maximum absolute atomic E-state index is 14.7. The first kappa shape index (κ1) is 27.3. The Labute approximate surface area is 259 Å². The van der Waals surface area contributed by atoms with Crippen LogP contribution in [-0.2, 0) is 27.3 Å². The van der Waals surface area contributed by atoms with Gasteiger partial charge in [0.05, 0.1) is 46.0 Å². The minimum Gasteiger partial charge on any atom is -0.369 e. The van der Waals surface area contributed by atoms with E-state index in [1.165, 1.54) is 3.97 Å². The number of aromatic nitrogens is 6. The number of carbonyl (C=O) groups is 1. The summed E-state index contributed by atoms with van der Waals surface area (Å²) in [6.45, 7) is 1.28. The highest BCUT2D eigenvalue weighted by Crippen LogP contribution is 2.54. The molecule has 2 aromatic carbocycles. The molecule has 0 unspecified atom stereocenters. The number of carbonyl (C=O) groups excluding carboxylic acids is 1. The zero-order valence-corrected chi connectivity index (χ0v) is 25.6. The number of hydrogen-bond acceptors (Lipinski definition) is 7.